The molecular weight excluding hydrogens is 662 g/mol. The van der Waals surface area contributed by atoms with Crippen LogP contribution in [0.2, 0.25) is 0 Å². The van der Waals surface area contributed by atoms with E-state index in [1.807, 2.05) is 19.1 Å². The number of anilines is 2. The van der Waals surface area contributed by atoms with Gasteiger partial charge in [-0.25, -0.2) is 9.29 Å². The summed E-state index contributed by atoms with van der Waals surface area (Å²) in [4.78, 5) is 54.9. The van der Waals surface area contributed by atoms with Crippen LogP contribution in [0.3, 0.4) is 0 Å². The zero-order chi connectivity index (χ0) is 34.3. The molecule has 0 bridgehead atoms. The molecule has 12 heteroatoms. The van der Waals surface area contributed by atoms with Crippen LogP contribution in [0.1, 0.15) is 36.8 Å². The SMILES string of the molecule is CCc1ccc(N2C(=O)[C@H]3[C@H](CC=C4[C@H]3C[C@@]3(Cl)C(=O)N(c5ccc(F)cc5)C(=O)[C@@]3(Cl)[C@H]4c3c(O)cc(OC)cc3OC)C2=O)cc1. The minimum Gasteiger partial charge on any atom is -0.507 e. The quantitative estimate of drug-likeness (QED) is 0.195. The lowest BCUT2D eigenvalue weighted by molar-refractivity contribution is -0.125. The van der Waals surface area contributed by atoms with Gasteiger partial charge in [0, 0.05) is 23.6 Å². The normalized spacial score (nSPS) is 29.4. The van der Waals surface area contributed by atoms with E-state index in [0.29, 0.717) is 11.3 Å². The van der Waals surface area contributed by atoms with Gasteiger partial charge in [-0.05, 0) is 67.1 Å². The first kappa shape index (κ1) is 32.2. The third-order valence-electron chi connectivity index (χ3n) is 10.3. The van der Waals surface area contributed by atoms with Crippen LogP contribution in [0.4, 0.5) is 15.8 Å². The molecule has 7 rings (SSSR count). The number of halogens is 3. The Morgan fingerprint density at radius 1 is 0.875 bits per heavy atom. The fourth-order valence-corrected chi connectivity index (χ4v) is 8.93. The molecule has 3 aromatic carbocycles. The van der Waals surface area contributed by atoms with Gasteiger partial charge in [0.1, 0.15) is 23.1 Å². The standard InChI is InChI=1S/C36H31Cl2FN2O7/c1-4-18-5-9-20(10-6-18)40-31(43)24-14-13-23-25(28(24)32(40)44)17-35(37)33(45)41(21-11-7-19(39)8-12-21)34(46)36(35,38)30(23)29-26(42)15-22(47-2)16-27(29)48-3/h5-13,15-16,24-25,28,30,42H,4,14,17H2,1-3H3/t24-,25+,28-,30+,35+,36-/m0/s1. The van der Waals surface area contributed by atoms with Gasteiger partial charge in [-0.1, -0.05) is 30.7 Å². The number of benzene rings is 3. The lowest BCUT2D eigenvalue weighted by atomic mass is 9.56. The molecule has 9 nitrogen and oxygen atoms in total. The average molecular weight is 694 g/mol. The number of phenolic OH excluding ortho intramolecular Hbond substituents is 1. The second-order valence-electron chi connectivity index (χ2n) is 12.5. The zero-order valence-electron chi connectivity index (χ0n) is 26.2. The largest absolute Gasteiger partial charge is 0.507 e. The van der Waals surface area contributed by atoms with Crippen molar-refractivity contribution in [2.75, 3.05) is 24.0 Å². The fourth-order valence-electron chi connectivity index (χ4n) is 8.02. The number of rotatable bonds is 6. The summed E-state index contributed by atoms with van der Waals surface area (Å²) in [6.07, 6.45) is 2.44. The van der Waals surface area contributed by atoms with Gasteiger partial charge in [-0.2, -0.15) is 0 Å². The monoisotopic (exact) mass is 692 g/mol. The van der Waals surface area contributed by atoms with Crippen molar-refractivity contribution in [3.8, 4) is 17.2 Å². The number of nitrogens with zero attached hydrogens (tertiary/aromatic N) is 2. The second kappa shape index (κ2) is 11.3. The third-order valence-corrected chi connectivity index (χ3v) is 11.8. The highest BCUT2D eigenvalue weighted by Gasteiger charge is 2.77. The molecule has 0 radical (unpaired) electrons. The number of alkyl halides is 2. The molecule has 3 fully saturated rings. The van der Waals surface area contributed by atoms with Gasteiger partial charge in [0.05, 0.1) is 37.4 Å². The molecule has 3 aromatic rings. The van der Waals surface area contributed by atoms with Crippen molar-refractivity contribution in [3.05, 3.63) is 89.3 Å². The van der Waals surface area contributed by atoms with Crippen molar-refractivity contribution < 1.29 is 38.1 Å². The number of fused-ring (bicyclic) bond motifs is 4. The molecule has 1 N–H and O–H groups in total. The van der Waals surface area contributed by atoms with Crippen molar-refractivity contribution in [1.29, 1.82) is 0 Å². The molecular formula is C36H31Cl2FN2O7. The molecule has 6 atom stereocenters. The number of ether oxygens (including phenoxy) is 2. The Hall–Kier alpha value is -4.41. The molecule has 48 heavy (non-hydrogen) atoms. The van der Waals surface area contributed by atoms with Gasteiger partial charge in [0.25, 0.3) is 11.8 Å². The second-order valence-corrected chi connectivity index (χ2v) is 13.8. The smallest absolute Gasteiger partial charge is 0.258 e. The zero-order valence-corrected chi connectivity index (χ0v) is 27.7. The molecule has 0 aromatic heterocycles. The first-order chi connectivity index (χ1) is 22.9. The van der Waals surface area contributed by atoms with Crippen LogP contribution in [0, 0.1) is 23.6 Å². The van der Waals surface area contributed by atoms with Crippen LogP contribution in [0.25, 0.3) is 0 Å². The van der Waals surface area contributed by atoms with Crippen LogP contribution < -0.4 is 19.3 Å². The Morgan fingerprint density at radius 2 is 1.52 bits per heavy atom. The summed E-state index contributed by atoms with van der Waals surface area (Å²) in [5, 5.41) is 11.5. The molecule has 2 aliphatic carbocycles. The van der Waals surface area contributed by atoms with E-state index in [9.17, 15) is 28.7 Å². The van der Waals surface area contributed by atoms with Gasteiger partial charge < -0.3 is 14.6 Å². The number of carbonyl (C=O) groups excluding carboxylic acids is 4. The topological polar surface area (TPSA) is 113 Å². The number of aryl methyl sites for hydroxylation is 1. The van der Waals surface area contributed by atoms with Crippen LogP contribution in [0.15, 0.2) is 72.3 Å². The number of amides is 4. The number of imide groups is 2. The molecule has 2 aliphatic heterocycles. The summed E-state index contributed by atoms with van der Waals surface area (Å²) in [6.45, 7) is 2.00. The van der Waals surface area contributed by atoms with E-state index in [0.717, 1.165) is 29.0 Å². The fraction of sp³-hybridized carbons (Fsp3) is 0.333. The minimum atomic E-state index is -2.24. The lowest BCUT2D eigenvalue weighted by Crippen LogP contribution is -2.60. The van der Waals surface area contributed by atoms with Crippen molar-refractivity contribution in [2.24, 2.45) is 17.8 Å². The summed E-state index contributed by atoms with van der Waals surface area (Å²) in [5.41, 5.74) is 2.07. The van der Waals surface area contributed by atoms with Gasteiger partial charge in [-0.15, -0.1) is 23.2 Å². The van der Waals surface area contributed by atoms with Gasteiger partial charge in [0.15, 0.2) is 9.75 Å². The highest BCUT2D eigenvalue weighted by molar-refractivity contribution is 6.58. The molecule has 2 saturated heterocycles. The van der Waals surface area contributed by atoms with E-state index in [1.54, 1.807) is 18.2 Å². The number of hydrogen-bond donors (Lipinski definition) is 1. The Labute approximate surface area is 285 Å². The molecule has 1 saturated carbocycles. The van der Waals surface area contributed by atoms with Crippen LogP contribution in [-0.2, 0) is 25.6 Å². The summed E-state index contributed by atoms with van der Waals surface area (Å²) < 4.78 is 24.9. The molecule has 4 aliphatic rings. The maximum Gasteiger partial charge on any atom is 0.258 e. The highest BCUT2D eigenvalue weighted by atomic mass is 35.5. The van der Waals surface area contributed by atoms with Gasteiger partial charge in [-0.3, -0.25) is 24.1 Å². The average Bonchev–Trinajstić information content (AvgIpc) is 3.42. The van der Waals surface area contributed by atoms with Crippen LogP contribution >= 0.6 is 23.2 Å². The number of methoxy groups -OCH3 is 2. The summed E-state index contributed by atoms with van der Waals surface area (Å²) in [6, 6.07) is 14.8. The van der Waals surface area contributed by atoms with E-state index >= 15 is 0 Å². The van der Waals surface area contributed by atoms with E-state index < -0.39 is 57.0 Å². The number of phenols is 1. The van der Waals surface area contributed by atoms with E-state index in [2.05, 4.69) is 0 Å². The number of carbonyl (C=O) groups is 4. The van der Waals surface area contributed by atoms with Crippen LogP contribution in [0.5, 0.6) is 17.2 Å². The van der Waals surface area contributed by atoms with Crippen molar-refractivity contribution >= 4 is 58.2 Å². The summed E-state index contributed by atoms with van der Waals surface area (Å²) >= 11 is 14.8. The van der Waals surface area contributed by atoms with E-state index in [4.69, 9.17) is 32.7 Å². The number of hydrogen-bond acceptors (Lipinski definition) is 7. The highest BCUT2D eigenvalue weighted by Crippen LogP contribution is 2.67. The predicted octanol–water partition coefficient (Wildman–Crippen LogP) is 5.88. The molecule has 4 amide bonds. The molecule has 248 valence electrons. The van der Waals surface area contributed by atoms with Crippen LogP contribution in [-0.4, -0.2) is 52.7 Å². The minimum absolute atomic E-state index is 0.0502. The first-order valence-corrected chi connectivity index (χ1v) is 16.3. The molecule has 2 heterocycles. The Balaban J connectivity index is 1.42. The van der Waals surface area contributed by atoms with Crippen molar-refractivity contribution in [1.82, 2.24) is 0 Å². The molecule has 0 spiro atoms. The lowest BCUT2D eigenvalue weighted by Gasteiger charge is -2.50. The number of aromatic hydroxyl groups is 1. The van der Waals surface area contributed by atoms with Crippen molar-refractivity contribution in [3.63, 3.8) is 0 Å². The third kappa shape index (κ3) is 4.28. The maximum absolute atomic E-state index is 14.6. The Bertz CT molecular complexity index is 1920. The summed E-state index contributed by atoms with van der Waals surface area (Å²) in [5.74, 6) is -6.95. The van der Waals surface area contributed by atoms with Gasteiger partial charge >= 0.3 is 0 Å². The maximum atomic E-state index is 14.6. The number of allylic oxidation sites excluding steroid dienone is 2. The Morgan fingerprint density at radius 3 is 2.15 bits per heavy atom. The first-order valence-electron chi connectivity index (χ1n) is 15.5. The van der Waals surface area contributed by atoms with Crippen molar-refractivity contribution in [2.45, 2.75) is 41.9 Å². The predicted molar refractivity (Wildman–Crippen MR) is 176 cm³/mol. The Kier molecular flexibility index (Phi) is 7.60. The molecule has 0 unspecified atom stereocenters. The van der Waals surface area contributed by atoms with Gasteiger partial charge in [0.2, 0.25) is 11.8 Å². The van der Waals surface area contributed by atoms with E-state index in [1.165, 1.54) is 43.4 Å². The van der Waals surface area contributed by atoms with E-state index in [-0.39, 0.29) is 47.2 Å². The summed E-state index contributed by atoms with van der Waals surface area (Å²) in [7, 11) is 2.77.